The van der Waals surface area contributed by atoms with Crippen LogP contribution >= 0.6 is 0 Å². The fourth-order valence-corrected chi connectivity index (χ4v) is 2.02. The normalized spacial score (nSPS) is 10.3. The van der Waals surface area contributed by atoms with E-state index in [4.69, 9.17) is 5.73 Å². The molecule has 2 aromatic carbocycles. The first-order chi connectivity index (χ1) is 8.99. The van der Waals surface area contributed by atoms with E-state index in [1.165, 1.54) is 0 Å². The van der Waals surface area contributed by atoms with E-state index in [0.29, 0.717) is 11.3 Å². The van der Waals surface area contributed by atoms with Crippen molar-refractivity contribution in [1.29, 1.82) is 0 Å². The van der Waals surface area contributed by atoms with E-state index in [0.717, 1.165) is 22.4 Å². The van der Waals surface area contributed by atoms with Crippen molar-refractivity contribution in [3.63, 3.8) is 0 Å². The summed E-state index contributed by atoms with van der Waals surface area (Å²) in [6, 6.07) is 11.4. The maximum Gasteiger partial charge on any atom is 0.256 e. The number of nitrogen functional groups attached to an aromatic ring is 1. The van der Waals surface area contributed by atoms with Crippen molar-refractivity contribution < 1.29 is 4.79 Å². The molecule has 3 heteroatoms. The zero-order chi connectivity index (χ0) is 14.0. The highest BCUT2D eigenvalue weighted by Crippen LogP contribution is 2.20. The third kappa shape index (κ3) is 2.76. The molecular formula is C16H18N2O. The van der Waals surface area contributed by atoms with Gasteiger partial charge in [-0.05, 0) is 49.6 Å². The van der Waals surface area contributed by atoms with Crippen LogP contribution < -0.4 is 11.1 Å². The van der Waals surface area contributed by atoms with Gasteiger partial charge in [-0.2, -0.15) is 0 Å². The molecule has 0 fully saturated rings. The second-order valence-corrected chi connectivity index (χ2v) is 4.79. The number of anilines is 2. The van der Waals surface area contributed by atoms with E-state index in [9.17, 15) is 4.79 Å². The van der Waals surface area contributed by atoms with E-state index < -0.39 is 0 Å². The molecule has 0 aliphatic heterocycles. The fourth-order valence-electron chi connectivity index (χ4n) is 2.02. The van der Waals surface area contributed by atoms with Gasteiger partial charge in [0.25, 0.3) is 5.91 Å². The number of rotatable bonds is 2. The zero-order valence-corrected chi connectivity index (χ0v) is 11.4. The number of nitrogens with two attached hydrogens (primary N) is 1. The Morgan fingerprint density at radius 2 is 1.68 bits per heavy atom. The summed E-state index contributed by atoms with van der Waals surface area (Å²) in [7, 11) is 0. The van der Waals surface area contributed by atoms with Gasteiger partial charge < -0.3 is 11.1 Å². The predicted molar refractivity (Wildman–Crippen MR) is 79.5 cm³/mol. The van der Waals surface area contributed by atoms with E-state index in [1.807, 2.05) is 51.1 Å². The molecule has 0 aliphatic carbocycles. The fraction of sp³-hybridized carbons (Fsp3) is 0.188. The van der Waals surface area contributed by atoms with Crippen molar-refractivity contribution in [2.24, 2.45) is 0 Å². The SMILES string of the molecule is Cc1cc(C)c(C(=O)Nc2ccccc2C)cc1N. The van der Waals surface area contributed by atoms with Gasteiger partial charge in [-0.25, -0.2) is 0 Å². The smallest absolute Gasteiger partial charge is 0.256 e. The summed E-state index contributed by atoms with van der Waals surface area (Å²) in [5.41, 5.74) is 10.9. The van der Waals surface area contributed by atoms with Gasteiger partial charge in [0.1, 0.15) is 0 Å². The molecular weight excluding hydrogens is 236 g/mol. The summed E-state index contributed by atoms with van der Waals surface area (Å²) in [5, 5.41) is 2.92. The molecule has 0 aliphatic rings. The molecule has 1 amide bonds. The molecule has 0 spiro atoms. The third-order valence-corrected chi connectivity index (χ3v) is 3.25. The van der Waals surface area contributed by atoms with Crippen molar-refractivity contribution in [1.82, 2.24) is 0 Å². The minimum Gasteiger partial charge on any atom is -0.398 e. The van der Waals surface area contributed by atoms with E-state index in [-0.39, 0.29) is 5.91 Å². The van der Waals surface area contributed by atoms with Crippen LogP contribution in [0.4, 0.5) is 11.4 Å². The first kappa shape index (κ1) is 13.1. The van der Waals surface area contributed by atoms with Crippen molar-refractivity contribution in [2.45, 2.75) is 20.8 Å². The second kappa shape index (κ2) is 5.14. The molecule has 3 N–H and O–H groups in total. The van der Waals surface area contributed by atoms with Crippen molar-refractivity contribution in [3.05, 3.63) is 58.7 Å². The minimum absolute atomic E-state index is 0.126. The standard InChI is InChI=1S/C16H18N2O/c1-10-6-4-5-7-15(10)18-16(19)13-9-14(17)12(3)8-11(13)2/h4-9H,17H2,1-3H3,(H,18,19). The number of nitrogens with one attached hydrogen (secondary N) is 1. The molecule has 0 unspecified atom stereocenters. The monoisotopic (exact) mass is 254 g/mol. The number of hydrogen-bond donors (Lipinski definition) is 2. The molecule has 2 aromatic rings. The summed E-state index contributed by atoms with van der Waals surface area (Å²) in [6.07, 6.45) is 0. The number of hydrogen-bond acceptors (Lipinski definition) is 2. The van der Waals surface area contributed by atoms with Gasteiger partial charge in [-0.3, -0.25) is 4.79 Å². The molecule has 0 radical (unpaired) electrons. The van der Waals surface area contributed by atoms with Gasteiger partial charge in [0.2, 0.25) is 0 Å². The summed E-state index contributed by atoms with van der Waals surface area (Å²) in [4.78, 5) is 12.3. The molecule has 98 valence electrons. The molecule has 0 saturated carbocycles. The van der Waals surface area contributed by atoms with Gasteiger partial charge >= 0.3 is 0 Å². The molecule has 0 saturated heterocycles. The Bertz CT molecular complexity index is 633. The summed E-state index contributed by atoms with van der Waals surface area (Å²) < 4.78 is 0. The molecule has 0 heterocycles. The topological polar surface area (TPSA) is 55.1 Å². The van der Waals surface area contributed by atoms with E-state index >= 15 is 0 Å². The Morgan fingerprint density at radius 3 is 2.37 bits per heavy atom. The lowest BCUT2D eigenvalue weighted by Crippen LogP contribution is -2.14. The van der Waals surface area contributed by atoms with E-state index in [2.05, 4.69) is 5.32 Å². The number of aryl methyl sites for hydroxylation is 3. The number of benzene rings is 2. The van der Waals surface area contributed by atoms with Crippen LogP contribution in [0.3, 0.4) is 0 Å². The number of amides is 1. The largest absolute Gasteiger partial charge is 0.398 e. The summed E-state index contributed by atoms with van der Waals surface area (Å²) >= 11 is 0. The highest BCUT2D eigenvalue weighted by Gasteiger charge is 2.11. The average molecular weight is 254 g/mol. The summed E-state index contributed by atoms with van der Waals surface area (Å²) in [6.45, 7) is 5.82. The lowest BCUT2D eigenvalue weighted by Gasteiger charge is -2.11. The van der Waals surface area contributed by atoms with Crippen LogP contribution in [0.1, 0.15) is 27.0 Å². The van der Waals surface area contributed by atoms with Gasteiger partial charge in [0, 0.05) is 16.9 Å². The average Bonchev–Trinajstić information content (AvgIpc) is 2.36. The highest BCUT2D eigenvalue weighted by molar-refractivity contribution is 6.06. The number of carbonyl (C=O) groups is 1. The van der Waals surface area contributed by atoms with E-state index in [1.54, 1.807) is 6.07 Å². The van der Waals surface area contributed by atoms with Crippen LogP contribution in [0.5, 0.6) is 0 Å². The Balaban J connectivity index is 2.31. The van der Waals surface area contributed by atoms with Crippen LogP contribution in [0, 0.1) is 20.8 Å². The highest BCUT2D eigenvalue weighted by atomic mass is 16.1. The van der Waals surface area contributed by atoms with Gasteiger partial charge in [-0.1, -0.05) is 24.3 Å². The molecule has 3 nitrogen and oxygen atoms in total. The Kier molecular flexibility index (Phi) is 3.56. The Hall–Kier alpha value is -2.29. The van der Waals surface area contributed by atoms with Crippen LogP contribution in [0.25, 0.3) is 0 Å². The molecule has 0 atom stereocenters. The first-order valence-electron chi connectivity index (χ1n) is 6.22. The van der Waals surface area contributed by atoms with Crippen molar-refractivity contribution in [2.75, 3.05) is 11.1 Å². The van der Waals surface area contributed by atoms with Gasteiger partial charge in [-0.15, -0.1) is 0 Å². The molecule has 0 aromatic heterocycles. The maximum absolute atomic E-state index is 12.3. The predicted octanol–water partition coefficient (Wildman–Crippen LogP) is 3.45. The quantitative estimate of drug-likeness (QED) is 0.806. The first-order valence-corrected chi connectivity index (χ1v) is 6.22. The minimum atomic E-state index is -0.126. The lowest BCUT2D eigenvalue weighted by atomic mass is 10.0. The molecule has 0 bridgehead atoms. The lowest BCUT2D eigenvalue weighted by molar-refractivity contribution is 0.102. The molecule has 2 rings (SSSR count). The van der Waals surface area contributed by atoms with Crippen LogP contribution in [0.2, 0.25) is 0 Å². The van der Waals surface area contributed by atoms with Crippen LogP contribution in [-0.4, -0.2) is 5.91 Å². The Morgan fingerprint density at radius 1 is 1.00 bits per heavy atom. The molecule has 19 heavy (non-hydrogen) atoms. The third-order valence-electron chi connectivity index (χ3n) is 3.25. The van der Waals surface area contributed by atoms with Gasteiger partial charge in [0.15, 0.2) is 0 Å². The van der Waals surface area contributed by atoms with Crippen LogP contribution in [0.15, 0.2) is 36.4 Å². The van der Waals surface area contributed by atoms with Crippen LogP contribution in [-0.2, 0) is 0 Å². The zero-order valence-electron chi connectivity index (χ0n) is 11.4. The summed E-state index contributed by atoms with van der Waals surface area (Å²) in [5.74, 6) is -0.126. The number of para-hydroxylation sites is 1. The van der Waals surface area contributed by atoms with Gasteiger partial charge in [0.05, 0.1) is 0 Å². The number of carbonyl (C=O) groups excluding carboxylic acids is 1. The second-order valence-electron chi connectivity index (χ2n) is 4.79. The van der Waals surface area contributed by atoms with Crippen molar-refractivity contribution >= 4 is 17.3 Å². The Labute approximate surface area is 113 Å². The van der Waals surface area contributed by atoms with Crippen molar-refractivity contribution in [3.8, 4) is 0 Å². The maximum atomic E-state index is 12.3.